The number of urea groups is 1. The quantitative estimate of drug-likeness (QED) is 0.735. The van der Waals surface area contributed by atoms with Crippen LogP contribution in [0.25, 0.3) is 0 Å². The first-order valence-corrected chi connectivity index (χ1v) is 11.7. The highest BCUT2D eigenvalue weighted by Gasteiger charge is 2.56. The standard InChI is InChI=1S/C23H35N3O3/c1-15(22-11-16-8-17(12-22)10-18(9-16)13-22)24-19(27)14-26-20(28)23(25(2)21(26)29)6-4-3-5-7-23/h15-18H,3-14H2,1-2H3,(H,24,27)/t15-,16?,17?,18?,22?/m0/s1. The average Bonchev–Trinajstić information content (AvgIpc) is 2.84. The number of hydrogen-bond acceptors (Lipinski definition) is 3. The van der Waals surface area contributed by atoms with Gasteiger partial charge in [-0.1, -0.05) is 19.3 Å². The normalized spacial score (nSPS) is 38.8. The zero-order chi connectivity index (χ0) is 20.4. The van der Waals surface area contributed by atoms with E-state index in [0.29, 0.717) is 0 Å². The van der Waals surface area contributed by atoms with Gasteiger partial charge >= 0.3 is 6.03 Å². The first-order chi connectivity index (χ1) is 13.8. The van der Waals surface area contributed by atoms with Crippen LogP contribution >= 0.6 is 0 Å². The van der Waals surface area contributed by atoms with Gasteiger partial charge in [-0.05, 0) is 81.5 Å². The second kappa shape index (κ2) is 6.71. The fraction of sp³-hybridized carbons (Fsp3) is 0.870. The molecule has 1 heterocycles. The molecule has 6 aliphatic rings. The van der Waals surface area contributed by atoms with E-state index in [-0.39, 0.29) is 35.8 Å². The van der Waals surface area contributed by atoms with Crippen LogP contribution in [-0.2, 0) is 9.59 Å². The Kier molecular flexibility index (Phi) is 4.48. The van der Waals surface area contributed by atoms with Crippen LogP contribution in [0.15, 0.2) is 0 Å². The number of likely N-dealkylation sites (N-methyl/N-ethyl adjacent to an activating group) is 1. The van der Waals surface area contributed by atoms with Crippen molar-refractivity contribution < 1.29 is 14.4 Å². The Hall–Kier alpha value is -1.59. The lowest BCUT2D eigenvalue weighted by Gasteiger charge is -2.59. The summed E-state index contributed by atoms with van der Waals surface area (Å²) in [5.41, 5.74) is -0.480. The third-order valence-electron chi connectivity index (χ3n) is 9.17. The van der Waals surface area contributed by atoms with Gasteiger partial charge < -0.3 is 10.2 Å². The summed E-state index contributed by atoms with van der Waals surface area (Å²) in [7, 11) is 1.72. The largest absolute Gasteiger partial charge is 0.352 e. The van der Waals surface area contributed by atoms with Gasteiger partial charge in [0, 0.05) is 13.1 Å². The van der Waals surface area contributed by atoms with E-state index in [4.69, 9.17) is 0 Å². The number of nitrogens with one attached hydrogen (secondary N) is 1. The van der Waals surface area contributed by atoms with Crippen molar-refractivity contribution in [1.82, 2.24) is 15.1 Å². The maximum Gasteiger partial charge on any atom is 0.327 e. The molecule has 6 heteroatoms. The minimum Gasteiger partial charge on any atom is -0.352 e. The molecule has 160 valence electrons. The molecule has 4 bridgehead atoms. The van der Waals surface area contributed by atoms with Gasteiger partial charge in [0.15, 0.2) is 0 Å². The molecule has 0 unspecified atom stereocenters. The molecule has 1 saturated heterocycles. The summed E-state index contributed by atoms with van der Waals surface area (Å²) in [5.74, 6) is 2.16. The van der Waals surface area contributed by atoms with Crippen LogP contribution in [0.4, 0.5) is 4.79 Å². The highest BCUT2D eigenvalue weighted by atomic mass is 16.2. The van der Waals surface area contributed by atoms with Gasteiger partial charge in [0.1, 0.15) is 12.1 Å². The van der Waals surface area contributed by atoms with E-state index < -0.39 is 5.54 Å². The lowest BCUT2D eigenvalue weighted by molar-refractivity contribution is -0.138. The van der Waals surface area contributed by atoms with Crippen molar-refractivity contribution in [3.8, 4) is 0 Å². The van der Waals surface area contributed by atoms with E-state index in [1.165, 1.54) is 43.4 Å². The Balaban J connectivity index is 1.25. The predicted molar refractivity (Wildman–Crippen MR) is 109 cm³/mol. The molecule has 6 fully saturated rings. The molecular formula is C23H35N3O3. The fourth-order valence-corrected chi connectivity index (χ4v) is 7.96. The number of carbonyl (C=O) groups is 3. The van der Waals surface area contributed by atoms with Crippen LogP contribution < -0.4 is 5.32 Å². The lowest BCUT2D eigenvalue weighted by atomic mass is 9.48. The van der Waals surface area contributed by atoms with Gasteiger partial charge in [0.25, 0.3) is 5.91 Å². The molecule has 6 nitrogen and oxygen atoms in total. The molecular weight excluding hydrogens is 366 g/mol. The van der Waals surface area contributed by atoms with Gasteiger partial charge in [0.05, 0.1) is 0 Å². The number of carbonyl (C=O) groups excluding carboxylic acids is 3. The molecule has 1 N–H and O–H groups in total. The molecule has 0 aromatic carbocycles. The van der Waals surface area contributed by atoms with Crippen molar-refractivity contribution in [3.63, 3.8) is 0 Å². The van der Waals surface area contributed by atoms with Crippen LogP contribution in [0.2, 0.25) is 0 Å². The third kappa shape index (κ3) is 2.92. The maximum atomic E-state index is 13.1. The van der Waals surface area contributed by atoms with E-state index in [1.807, 2.05) is 0 Å². The minimum atomic E-state index is -0.707. The van der Waals surface area contributed by atoms with Gasteiger partial charge in [0.2, 0.25) is 5.91 Å². The van der Waals surface area contributed by atoms with Crippen molar-refractivity contribution in [2.45, 2.75) is 89.1 Å². The monoisotopic (exact) mass is 401 g/mol. The van der Waals surface area contributed by atoms with Gasteiger partial charge in [-0.15, -0.1) is 0 Å². The summed E-state index contributed by atoms with van der Waals surface area (Å²) in [6, 6.07) is -0.202. The molecule has 4 amide bonds. The first kappa shape index (κ1) is 19.4. The zero-order valence-corrected chi connectivity index (χ0v) is 17.9. The van der Waals surface area contributed by atoms with Crippen molar-refractivity contribution in [3.05, 3.63) is 0 Å². The molecule has 5 aliphatic carbocycles. The molecule has 29 heavy (non-hydrogen) atoms. The summed E-state index contributed by atoms with van der Waals surface area (Å²) >= 11 is 0. The summed E-state index contributed by atoms with van der Waals surface area (Å²) in [6.07, 6.45) is 12.3. The average molecular weight is 402 g/mol. The van der Waals surface area contributed by atoms with Crippen molar-refractivity contribution in [2.75, 3.05) is 13.6 Å². The van der Waals surface area contributed by atoms with Gasteiger partial charge in [-0.3, -0.25) is 14.5 Å². The number of nitrogens with zero attached hydrogens (tertiary/aromatic N) is 2. The van der Waals surface area contributed by atoms with E-state index in [9.17, 15) is 14.4 Å². The Morgan fingerprint density at radius 2 is 1.59 bits per heavy atom. The van der Waals surface area contributed by atoms with Crippen molar-refractivity contribution in [1.29, 1.82) is 0 Å². The molecule has 1 aliphatic heterocycles. The predicted octanol–water partition coefficient (Wildman–Crippen LogP) is 3.30. The van der Waals surface area contributed by atoms with Crippen molar-refractivity contribution in [2.24, 2.45) is 23.2 Å². The molecule has 1 spiro atoms. The number of hydrogen-bond donors (Lipinski definition) is 1. The zero-order valence-electron chi connectivity index (χ0n) is 17.9. The Bertz CT molecular complexity index is 692. The smallest absolute Gasteiger partial charge is 0.327 e. The Morgan fingerprint density at radius 3 is 2.14 bits per heavy atom. The summed E-state index contributed by atoms with van der Waals surface area (Å²) in [5, 5.41) is 3.21. The maximum absolute atomic E-state index is 13.1. The van der Waals surface area contributed by atoms with Gasteiger partial charge in [-0.25, -0.2) is 4.79 Å². The van der Waals surface area contributed by atoms with Crippen LogP contribution in [0.5, 0.6) is 0 Å². The highest BCUT2D eigenvalue weighted by molar-refractivity contribution is 6.08. The van der Waals surface area contributed by atoms with Gasteiger partial charge in [-0.2, -0.15) is 0 Å². The van der Waals surface area contributed by atoms with Crippen LogP contribution in [0, 0.1) is 23.2 Å². The molecule has 5 saturated carbocycles. The Labute approximate surface area is 173 Å². The lowest BCUT2D eigenvalue weighted by Crippen LogP contribution is -2.57. The SMILES string of the molecule is C[C@H](NC(=O)CN1C(=O)N(C)C2(CCCCC2)C1=O)C12CC3CC(CC(C3)C1)C2. The second-order valence-corrected chi connectivity index (χ2v) is 10.9. The fourth-order valence-electron chi connectivity index (χ4n) is 7.96. The highest BCUT2D eigenvalue weighted by Crippen LogP contribution is 2.61. The third-order valence-corrected chi connectivity index (χ3v) is 9.17. The Morgan fingerprint density at radius 1 is 1.03 bits per heavy atom. The second-order valence-electron chi connectivity index (χ2n) is 10.9. The molecule has 6 rings (SSSR count). The molecule has 1 atom stereocenters. The number of amides is 4. The van der Waals surface area contributed by atoms with E-state index >= 15 is 0 Å². The number of rotatable bonds is 4. The topological polar surface area (TPSA) is 69.7 Å². The molecule has 0 radical (unpaired) electrons. The molecule has 0 aromatic rings. The van der Waals surface area contributed by atoms with E-state index in [1.54, 1.807) is 11.9 Å². The van der Waals surface area contributed by atoms with Crippen molar-refractivity contribution >= 4 is 17.8 Å². The summed E-state index contributed by atoms with van der Waals surface area (Å²) in [6.45, 7) is 2.01. The minimum absolute atomic E-state index is 0.109. The number of imide groups is 1. The van der Waals surface area contributed by atoms with E-state index in [2.05, 4.69) is 12.2 Å². The van der Waals surface area contributed by atoms with E-state index in [0.717, 1.165) is 49.9 Å². The summed E-state index contributed by atoms with van der Waals surface area (Å²) < 4.78 is 0. The van der Waals surface area contributed by atoms with Crippen LogP contribution in [0.3, 0.4) is 0 Å². The molecule has 0 aromatic heterocycles. The summed E-state index contributed by atoms with van der Waals surface area (Å²) in [4.78, 5) is 41.6. The first-order valence-electron chi connectivity index (χ1n) is 11.7. The van der Waals surface area contributed by atoms with Crippen LogP contribution in [-0.4, -0.2) is 52.8 Å². The van der Waals surface area contributed by atoms with Crippen LogP contribution in [0.1, 0.15) is 77.6 Å².